The van der Waals surface area contributed by atoms with Crippen molar-refractivity contribution in [2.24, 2.45) is 5.41 Å². The highest BCUT2D eigenvalue weighted by atomic mass is 16.5. The van der Waals surface area contributed by atoms with E-state index in [0.29, 0.717) is 5.57 Å². The Labute approximate surface area is 304 Å². The van der Waals surface area contributed by atoms with Gasteiger partial charge in [0.2, 0.25) is 0 Å². The summed E-state index contributed by atoms with van der Waals surface area (Å²) in [6.07, 6.45) is 16.3. The van der Waals surface area contributed by atoms with Gasteiger partial charge in [-0.3, -0.25) is 0 Å². The quantitative estimate of drug-likeness (QED) is 0.183. The van der Waals surface area contributed by atoms with Crippen LogP contribution >= 0.6 is 0 Å². The van der Waals surface area contributed by atoms with Gasteiger partial charge < -0.3 is 19.1 Å². The van der Waals surface area contributed by atoms with Gasteiger partial charge in [0.15, 0.2) is 16.9 Å². The molecule has 7 nitrogen and oxygen atoms in total. The maximum Gasteiger partial charge on any atom is 0.172 e. The van der Waals surface area contributed by atoms with Crippen LogP contribution in [0.5, 0.6) is 5.75 Å². The molecule has 1 atom stereocenters. The van der Waals surface area contributed by atoms with Gasteiger partial charge in [-0.15, -0.1) is 0 Å². The van der Waals surface area contributed by atoms with Crippen molar-refractivity contribution in [1.82, 2.24) is 0 Å². The first-order valence-electron chi connectivity index (χ1n) is 17.8. The van der Waals surface area contributed by atoms with Gasteiger partial charge >= 0.3 is 0 Å². The third-order valence-electron chi connectivity index (χ3n) is 9.50. The van der Waals surface area contributed by atoms with Gasteiger partial charge in [-0.2, -0.15) is 15.8 Å². The number of nitriles is 3. The minimum atomic E-state index is -1.08. The number of hydrogen-bond donors (Lipinski definition) is 0. The Morgan fingerprint density at radius 2 is 1.57 bits per heavy atom. The van der Waals surface area contributed by atoms with Crippen LogP contribution < -0.4 is 9.64 Å². The summed E-state index contributed by atoms with van der Waals surface area (Å²) in [5, 5.41) is 29.5. The Bertz CT molecular complexity index is 1870. The minimum Gasteiger partial charge on any atom is -0.496 e. The van der Waals surface area contributed by atoms with E-state index in [1.165, 1.54) is 5.69 Å². The summed E-state index contributed by atoms with van der Waals surface area (Å²) >= 11 is 0. The van der Waals surface area contributed by atoms with E-state index in [1.807, 2.05) is 67.6 Å². The molecule has 0 aromatic heterocycles. The minimum absolute atomic E-state index is 0.00273. The number of unbranched alkanes of at least 4 members (excludes halogenated alkanes) is 2. The molecule has 4 rings (SSSR count). The molecule has 0 N–H and O–H groups in total. The van der Waals surface area contributed by atoms with E-state index in [-0.39, 0.29) is 22.3 Å². The molecule has 0 saturated carbocycles. The van der Waals surface area contributed by atoms with Crippen LogP contribution in [0.15, 0.2) is 112 Å². The molecule has 1 heterocycles. The monoisotopic (exact) mass is 682 g/mol. The van der Waals surface area contributed by atoms with Crippen LogP contribution in [-0.4, -0.2) is 27.3 Å². The average molecular weight is 683 g/mol. The van der Waals surface area contributed by atoms with E-state index in [4.69, 9.17) is 14.2 Å². The number of hydrogen-bond acceptors (Lipinski definition) is 7. The fourth-order valence-corrected chi connectivity index (χ4v) is 6.84. The van der Waals surface area contributed by atoms with Crippen molar-refractivity contribution in [2.45, 2.75) is 78.7 Å². The molecule has 1 aliphatic carbocycles. The number of ether oxygens (including phenoxy) is 3. The fourth-order valence-electron chi connectivity index (χ4n) is 6.84. The largest absolute Gasteiger partial charge is 0.496 e. The molecule has 2 aromatic carbocycles. The number of rotatable bonds is 14. The smallest absolute Gasteiger partial charge is 0.172 e. The lowest BCUT2D eigenvalue weighted by Crippen LogP contribution is -2.25. The van der Waals surface area contributed by atoms with Crippen molar-refractivity contribution >= 4 is 11.8 Å². The molecule has 1 aliphatic heterocycles. The molecule has 7 heteroatoms. The molecule has 51 heavy (non-hydrogen) atoms. The fraction of sp³-hybridized carbons (Fsp3) is 0.386. The Hall–Kier alpha value is -5.45. The Kier molecular flexibility index (Phi) is 13.1. The summed E-state index contributed by atoms with van der Waals surface area (Å²) < 4.78 is 18.2. The zero-order valence-corrected chi connectivity index (χ0v) is 31.2. The maximum atomic E-state index is 10.2. The Morgan fingerprint density at radius 3 is 2.16 bits per heavy atom. The van der Waals surface area contributed by atoms with E-state index < -0.39 is 5.60 Å². The van der Waals surface area contributed by atoms with E-state index >= 15 is 0 Å². The van der Waals surface area contributed by atoms with E-state index in [0.717, 1.165) is 85.4 Å². The predicted molar refractivity (Wildman–Crippen MR) is 204 cm³/mol. The second kappa shape index (κ2) is 17.5. The zero-order valence-electron chi connectivity index (χ0n) is 31.2. The van der Waals surface area contributed by atoms with Crippen molar-refractivity contribution in [3.8, 4) is 24.0 Å². The van der Waals surface area contributed by atoms with Gasteiger partial charge in [0, 0.05) is 36.0 Å². The van der Waals surface area contributed by atoms with Crippen molar-refractivity contribution in [3.05, 3.63) is 123 Å². The van der Waals surface area contributed by atoms with Crippen LogP contribution in [-0.2, 0) is 15.1 Å². The number of allylic oxidation sites excluding steroid dienone is 7. The third kappa shape index (κ3) is 8.83. The molecule has 2 aliphatic rings. The van der Waals surface area contributed by atoms with E-state index in [9.17, 15) is 15.8 Å². The molecular formula is C44H50N4O3. The van der Waals surface area contributed by atoms with Crippen LogP contribution in [0.3, 0.4) is 0 Å². The second-order valence-electron chi connectivity index (χ2n) is 13.9. The third-order valence-corrected chi connectivity index (χ3v) is 9.50. The van der Waals surface area contributed by atoms with Crippen molar-refractivity contribution in [3.63, 3.8) is 0 Å². The summed E-state index contributed by atoms with van der Waals surface area (Å²) in [4.78, 5) is 2.46. The van der Waals surface area contributed by atoms with Crippen molar-refractivity contribution < 1.29 is 14.2 Å². The highest BCUT2D eigenvalue weighted by Gasteiger charge is 2.43. The first kappa shape index (κ1) is 38.4. The molecular weight excluding hydrogens is 633 g/mol. The van der Waals surface area contributed by atoms with E-state index in [1.54, 1.807) is 14.2 Å². The molecule has 0 spiro atoms. The van der Waals surface area contributed by atoms with Gasteiger partial charge in [0.05, 0.1) is 14.2 Å². The van der Waals surface area contributed by atoms with Crippen molar-refractivity contribution in [1.29, 1.82) is 15.8 Å². The maximum absolute atomic E-state index is 10.2. The Balaban J connectivity index is 1.74. The zero-order chi connectivity index (χ0) is 37.0. The Morgan fingerprint density at radius 1 is 0.882 bits per heavy atom. The van der Waals surface area contributed by atoms with Crippen LogP contribution in [0.2, 0.25) is 0 Å². The van der Waals surface area contributed by atoms with E-state index in [2.05, 4.69) is 69.0 Å². The lowest BCUT2D eigenvalue weighted by Gasteiger charge is -2.33. The van der Waals surface area contributed by atoms with Gasteiger partial charge in [-0.1, -0.05) is 101 Å². The van der Waals surface area contributed by atoms with Gasteiger partial charge in [-0.25, -0.2) is 0 Å². The average Bonchev–Trinajstić information content (AvgIpc) is 3.42. The highest BCUT2D eigenvalue weighted by Crippen LogP contribution is 2.47. The van der Waals surface area contributed by atoms with Crippen molar-refractivity contribution in [2.75, 3.05) is 32.2 Å². The van der Waals surface area contributed by atoms with Crippen LogP contribution in [0.1, 0.15) is 84.3 Å². The molecule has 1 unspecified atom stereocenters. The summed E-state index contributed by atoms with van der Waals surface area (Å²) in [6.45, 7) is 12.9. The van der Waals surface area contributed by atoms with Gasteiger partial charge in [-0.05, 0) is 66.9 Å². The highest BCUT2D eigenvalue weighted by molar-refractivity contribution is 5.66. The lowest BCUT2D eigenvalue weighted by atomic mass is 9.74. The van der Waals surface area contributed by atoms with Crippen LogP contribution in [0.25, 0.3) is 6.08 Å². The normalized spacial score (nSPS) is 19.2. The summed E-state index contributed by atoms with van der Waals surface area (Å²) in [6, 6.07) is 22.0. The van der Waals surface area contributed by atoms with Crippen LogP contribution in [0.4, 0.5) is 5.69 Å². The number of nitrogens with zero attached hydrogens (tertiary/aromatic N) is 4. The molecule has 0 saturated heterocycles. The first-order valence-corrected chi connectivity index (χ1v) is 17.8. The molecule has 2 aromatic rings. The molecule has 0 fully saturated rings. The molecule has 264 valence electrons. The summed E-state index contributed by atoms with van der Waals surface area (Å²) in [5.41, 5.74) is 4.49. The number of methoxy groups -OCH3 is 2. The second-order valence-corrected chi connectivity index (χ2v) is 13.9. The standard InChI is InChI=1S/C44H50N4O3/c1-8-10-24-48(25-11-9-2)37-23-22-32(40(26-37)49-6)20-21-34-28-43(3,4)27-33(41(34)50-7)16-15-19-39-38(31-47)42(35(29-45)30-46)51-44(39,5)36-17-13-12-14-18-36/h12-23,26H,8-11,24-25,27-28H2,1-7H3/b19-15+,21-20+,33-16+. The topological polar surface area (TPSA) is 102 Å². The predicted octanol–water partition coefficient (Wildman–Crippen LogP) is 10.4. The SMILES string of the molecule is CCCCN(CCCC)c1ccc(/C=C/C2=C(OC)C(=C/C=C/C3=C(C#N)C(=C(C#N)C#N)OC3(C)c3ccccc3)/CC(C)(C)C2)c(OC)c1. The molecule has 0 amide bonds. The first-order chi connectivity index (χ1) is 24.6. The molecule has 0 bridgehead atoms. The number of anilines is 1. The van der Waals surface area contributed by atoms with Crippen LogP contribution in [0, 0.1) is 39.4 Å². The van der Waals surface area contributed by atoms with Gasteiger partial charge in [0.1, 0.15) is 35.3 Å². The summed E-state index contributed by atoms with van der Waals surface area (Å²) in [7, 11) is 3.42. The lowest BCUT2D eigenvalue weighted by molar-refractivity contribution is 0.0755. The summed E-state index contributed by atoms with van der Waals surface area (Å²) in [5.74, 6) is 1.65. The van der Waals surface area contributed by atoms with Gasteiger partial charge in [0.25, 0.3) is 0 Å². The number of benzene rings is 2. The molecule has 0 radical (unpaired) electrons.